The number of sulfonamides is 1. The fourth-order valence-electron chi connectivity index (χ4n) is 2.83. The Morgan fingerprint density at radius 2 is 1.58 bits per heavy atom. The van der Waals surface area contributed by atoms with Gasteiger partial charge in [-0.05, 0) is 48.5 Å². The molecule has 174 valence electrons. The molecule has 9 nitrogen and oxygen atoms in total. The summed E-state index contributed by atoms with van der Waals surface area (Å²) in [7, 11) is -3.67. The molecule has 0 aliphatic heterocycles. The first-order chi connectivity index (χ1) is 15.3. The molecule has 3 amide bonds. The maximum Gasteiger partial charge on any atom is 0.324 e. The average Bonchev–Trinajstić information content (AvgIpc) is 3.12. The first-order valence-corrected chi connectivity index (χ1v) is 12.2. The van der Waals surface area contributed by atoms with Crippen LogP contribution in [0.3, 0.4) is 0 Å². The number of carbonyl (C=O) groups is 2. The van der Waals surface area contributed by atoms with Crippen LogP contribution in [0.2, 0.25) is 5.02 Å². The van der Waals surface area contributed by atoms with Gasteiger partial charge in [-0.25, -0.2) is 22.6 Å². The number of nitrogens with one attached hydrogen (secondary N) is 3. The molecule has 0 aliphatic rings. The highest BCUT2D eigenvalue weighted by atomic mass is 35.5. The Balaban J connectivity index is 1.88. The molecular weight excluding hydrogens is 466 g/mol. The first-order valence-electron chi connectivity index (χ1n) is 9.88. The average molecular weight is 490 g/mol. The van der Waals surface area contributed by atoms with E-state index in [0.29, 0.717) is 22.2 Å². The van der Waals surface area contributed by atoms with E-state index in [1.807, 2.05) is 25.5 Å². The lowest BCUT2D eigenvalue weighted by molar-refractivity contribution is 0.0981. The Bertz CT molecular complexity index is 1280. The van der Waals surface area contributed by atoms with Gasteiger partial charge in [-0.2, -0.15) is 5.10 Å². The minimum Gasteiger partial charge on any atom is -0.308 e. The molecule has 0 spiro atoms. The molecule has 0 unspecified atom stereocenters. The molecule has 1 aromatic heterocycles. The van der Waals surface area contributed by atoms with Crippen molar-refractivity contribution in [1.29, 1.82) is 0 Å². The van der Waals surface area contributed by atoms with Crippen molar-refractivity contribution in [1.82, 2.24) is 14.5 Å². The molecule has 2 aromatic carbocycles. The molecule has 0 saturated carbocycles. The van der Waals surface area contributed by atoms with Crippen molar-refractivity contribution in [2.45, 2.75) is 26.2 Å². The predicted molar refractivity (Wildman–Crippen MR) is 129 cm³/mol. The van der Waals surface area contributed by atoms with Crippen molar-refractivity contribution in [3.63, 3.8) is 0 Å². The van der Waals surface area contributed by atoms with Gasteiger partial charge < -0.3 is 5.32 Å². The summed E-state index contributed by atoms with van der Waals surface area (Å²) in [6.07, 6.45) is 0.907. The van der Waals surface area contributed by atoms with Crippen LogP contribution in [0.25, 0.3) is 5.69 Å². The molecule has 11 heteroatoms. The van der Waals surface area contributed by atoms with E-state index in [4.69, 9.17) is 11.6 Å². The summed E-state index contributed by atoms with van der Waals surface area (Å²) in [6.45, 7) is 5.99. The van der Waals surface area contributed by atoms with Gasteiger partial charge in [0.1, 0.15) is 5.82 Å². The van der Waals surface area contributed by atoms with E-state index in [9.17, 15) is 18.0 Å². The van der Waals surface area contributed by atoms with E-state index < -0.39 is 22.0 Å². The van der Waals surface area contributed by atoms with Crippen LogP contribution in [0.1, 0.15) is 36.8 Å². The largest absolute Gasteiger partial charge is 0.324 e. The minimum atomic E-state index is -3.67. The quantitative estimate of drug-likeness (QED) is 0.496. The lowest BCUT2D eigenvalue weighted by atomic mass is 9.92. The van der Waals surface area contributed by atoms with E-state index >= 15 is 0 Å². The van der Waals surface area contributed by atoms with Gasteiger partial charge in [0.15, 0.2) is 0 Å². The number of urea groups is 1. The summed E-state index contributed by atoms with van der Waals surface area (Å²) in [5.74, 6) is -0.319. The van der Waals surface area contributed by atoms with Crippen LogP contribution in [-0.2, 0) is 15.4 Å². The molecule has 0 bridgehead atoms. The Labute approximate surface area is 197 Å². The predicted octanol–water partition coefficient (Wildman–Crippen LogP) is 4.16. The van der Waals surface area contributed by atoms with Gasteiger partial charge in [-0.3, -0.25) is 10.1 Å². The lowest BCUT2D eigenvalue weighted by Gasteiger charge is -2.14. The summed E-state index contributed by atoms with van der Waals surface area (Å²) in [6, 6.07) is 14.2. The van der Waals surface area contributed by atoms with Crippen LogP contribution in [0.15, 0.2) is 54.6 Å². The second-order valence-electron chi connectivity index (χ2n) is 8.41. The Morgan fingerprint density at radius 3 is 2.12 bits per heavy atom. The van der Waals surface area contributed by atoms with Crippen molar-refractivity contribution < 1.29 is 18.0 Å². The maximum absolute atomic E-state index is 12.6. The Kier molecular flexibility index (Phi) is 6.80. The van der Waals surface area contributed by atoms with Crippen molar-refractivity contribution in [2.24, 2.45) is 0 Å². The highest BCUT2D eigenvalue weighted by molar-refractivity contribution is 7.89. The number of rotatable bonds is 5. The van der Waals surface area contributed by atoms with E-state index in [2.05, 4.69) is 15.7 Å². The summed E-state index contributed by atoms with van der Waals surface area (Å²) >= 11 is 5.88. The molecule has 0 saturated heterocycles. The summed E-state index contributed by atoms with van der Waals surface area (Å²) in [5.41, 5.74) is 1.76. The maximum atomic E-state index is 12.6. The highest BCUT2D eigenvalue weighted by Gasteiger charge is 2.22. The second kappa shape index (κ2) is 9.24. The smallest absolute Gasteiger partial charge is 0.308 e. The second-order valence-corrected chi connectivity index (χ2v) is 10.6. The number of hydrogen-bond donors (Lipinski definition) is 3. The van der Waals surface area contributed by atoms with Crippen molar-refractivity contribution in [2.75, 3.05) is 16.9 Å². The summed E-state index contributed by atoms with van der Waals surface area (Å²) in [5, 5.41) is 10.7. The molecular formula is C22H24ClN5O4S. The van der Waals surface area contributed by atoms with Gasteiger partial charge in [-0.15, -0.1) is 0 Å². The third-order valence-electron chi connectivity index (χ3n) is 4.47. The zero-order valence-corrected chi connectivity index (χ0v) is 20.1. The topological polar surface area (TPSA) is 122 Å². The SMILES string of the molecule is CC(C)(C)c1cc(NC(=O)Nc2ccc(Cl)cc2)n(-c2ccc(C(=O)NS(C)(=O)=O)cc2)n1. The van der Waals surface area contributed by atoms with Crippen molar-refractivity contribution in [3.8, 4) is 5.69 Å². The number of halogens is 1. The van der Waals surface area contributed by atoms with Crippen LogP contribution in [0.4, 0.5) is 16.3 Å². The van der Waals surface area contributed by atoms with Gasteiger partial charge in [0, 0.05) is 27.8 Å². The van der Waals surface area contributed by atoms with E-state index in [1.165, 1.54) is 12.1 Å². The van der Waals surface area contributed by atoms with Crippen LogP contribution < -0.4 is 15.4 Å². The van der Waals surface area contributed by atoms with Crippen LogP contribution in [0.5, 0.6) is 0 Å². The minimum absolute atomic E-state index is 0.169. The molecule has 0 atom stereocenters. The van der Waals surface area contributed by atoms with Gasteiger partial charge in [0.05, 0.1) is 17.6 Å². The molecule has 0 fully saturated rings. The van der Waals surface area contributed by atoms with Gasteiger partial charge in [0.25, 0.3) is 5.91 Å². The van der Waals surface area contributed by atoms with Crippen molar-refractivity contribution in [3.05, 3.63) is 70.9 Å². The molecule has 0 aliphatic carbocycles. The first kappa shape index (κ1) is 24.3. The zero-order valence-electron chi connectivity index (χ0n) is 18.5. The number of nitrogens with zero attached hydrogens (tertiary/aromatic N) is 2. The molecule has 3 N–H and O–H groups in total. The number of aromatic nitrogens is 2. The zero-order chi connectivity index (χ0) is 24.4. The number of anilines is 2. The fraction of sp³-hybridized carbons (Fsp3) is 0.227. The van der Waals surface area contributed by atoms with Crippen molar-refractivity contribution >= 4 is 45.1 Å². The Morgan fingerprint density at radius 1 is 0.970 bits per heavy atom. The van der Waals surface area contributed by atoms with Gasteiger partial charge in [0.2, 0.25) is 10.0 Å². The van der Waals surface area contributed by atoms with E-state index in [-0.39, 0.29) is 11.0 Å². The molecule has 3 aromatic rings. The normalized spacial score (nSPS) is 11.7. The van der Waals surface area contributed by atoms with Gasteiger partial charge >= 0.3 is 6.03 Å². The Hall–Kier alpha value is -3.37. The highest BCUT2D eigenvalue weighted by Crippen LogP contribution is 2.26. The van der Waals surface area contributed by atoms with E-state index in [0.717, 1.165) is 11.9 Å². The van der Waals surface area contributed by atoms with Crippen LogP contribution in [-0.4, -0.2) is 36.4 Å². The number of amides is 3. The monoisotopic (exact) mass is 489 g/mol. The lowest BCUT2D eigenvalue weighted by Crippen LogP contribution is -2.29. The summed E-state index contributed by atoms with van der Waals surface area (Å²) in [4.78, 5) is 24.6. The van der Waals surface area contributed by atoms with Gasteiger partial charge in [-0.1, -0.05) is 32.4 Å². The standard InChI is InChI=1S/C22H24ClN5O4S/c1-22(2,3)18-13-19(25-21(30)24-16-9-7-15(23)8-10-16)28(26-18)17-11-5-14(6-12-17)20(29)27-33(4,31)32/h5-13H,1-4H3,(H,27,29)(H2,24,25,30). The van der Waals surface area contributed by atoms with Crippen LogP contribution >= 0.6 is 11.6 Å². The fourth-order valence-corrected chi connectivity index (χ4v) is 3.41. The molecule has 0 radical (unpaired) electrons. The summed E-state index contributed by atoms with van der Waals surface area (Å²) < 4.78 is 26.1. The number of carbonyl (C=O) groups excluding carboxylic acids is 2. The number of benzene rings is 2. The third-order valence-corrected chi connectivity index (χ3v) is 5.28. The molecule has 33 heavy (non-hydrogen) atoms. The third kappa shape index (κ3) is 6.56. The molecule has 3 rings (SSSR count). The molecule has 1 heterocycles. The number of hydrogen-bond acceptors (Lipinski definition) is 5. The van der Waals surface area contributed by atoms with E-state index in [1.54, 1.807) is 47.1 Å². The van der Waals surface area contributed by atoms with Crippen LogP contribution in [0, 0.1) is 0 Å².